The summed E-state index contributed by atoms with van der Waals surface area (Å²) >= 11 is 0. The van der Waals surface area contributed by atoms with Crippen molar-refractivity contribution in [3.8, 4) is 0 Å². The lowest BCUT2D eigenvalue weighted by Gasteiger charge is -2.31. The molecule has 1 aliphatic heterocycles. The van der Waals surface area contributed by atoms with Crippen molar-refractivity contribution in [2.75, 3.05) is 5.32 Å². The summed E-state index contributed by atoms with van der Waals surface area (Å²) in [6.07, 6.45) is 1.80. The number of carboxylic acid groups (broad SMARTS) is 1. The Bertz CT molecular complexity index is 697. The molecule has 3 amide bonds. The highest BCUT2D eigenvalue weighted by atomic mass is 16.4. The second-order valence-electron chi connectivity index (χ2n) is 6.33. The topological polar surface area (TPSA) is 113 Å². The van der Waals surface area contributed by atoms with E-state index in [9.17, 15) is 19.2 Å². The van der Waals surface area contributed by atoms with E-state index in [1.54, 1.807) is 24.3 Å². The van der Waals surface area contributed by atoms with Gasteiger partial charge in [0.05, 0.1) is 17.8 Å². The van der Waals surface area contributed by atoms with Gasteiger partial charge >= 0.3 is 5.97 Å². The van der Waals surface area contributed by atoms with E-state index in [-0.39, 0.29) is 30.1 Å². The van der Waals surface area contributed by atoms with Crippen LogP contribution < -0.4 is 10.6 Å². The first-order valence-electron chi connectivity index (χ1n) is 7.90. The van der Waals surface area contributed by atoms with E-state index < -0.39 is 17.8 Å². The second-order valence-corrected chi connectivity index (χ2v) is 6.33. The summed E-state index contributed by atoms with van der Waals surface area (Å²) in [6.45, 7) is 0. The van der Waals surface area contributed by atoms with E-state index in [0.29, 0.717) is 24.9 Å². The van der Waals surface area contributed by atoms with Crippen LogP contribution in [-0.2, 0) is 25.6 Å². The molecule has 1 aliphatic carbocycles. The van der Waals surface area contributed by atoms with Gasteiger partial charge < -0.3 is 10.4 Å². The average molecular weight is 330 g/mol. The molecule has 1 heterocycles. The van der Waals surface area contributed by atoms with Crippen molar-refractivity contribution in [1.82, 2.24) is 5.32 Å². The van der Waals surface area contributed by atoms with Crippen molar-refractivity contribution in [3.05, 3.63) is 29.8 Å². The number of carbonyl (C=O) groups excluding carboxylic acids is 3. The Morgan fingerprint density at radius 2 is 1.79 bits per heavy atom. The molecule has 3 atom stereocenters. The fourth-order valence-electron chi connectivity index (χ4n) is 3.12. The maximum Gasteiger partial charge on any atom is 0.307 e. The molecule has 2 fully saturated rings. The van der Waals surface area contributed by atoms with Crippen molar-refractivity contribution in [1.29, 1.82) is 0 Å². The number of anilines is 1. The number of hydrogen-bond acceptors (Lipinski definition) is 4. The summed E-state index contributed by atoms with van der Waals surface area (Å²) in [6, 6.07) is 7.02. The van der Waals surface area contributed by atoms with Gasteiger partial charge in [0.1, 0.15) is 0 Å². The van der Waals surface area contributed by atoms with Crippen LogP contribution in [0.3, 0.4) is 0 Å². The van der Waals surface area contributed by atoms with E-state index in [4.69, 9.17) is 5.11 Å². The Kier molecular flexibility index (Phi) is 4.33. The van der Waals surface area contributed by atoms with Crippen molar-refractivity contribution >= 4 is 29.4 Å². The van der Waals surface area contributed by atoms with Gasteiger partial charge in [-0.3, -0.25) is 24.5 Å². The largest absolute Gasteiger partial charge is 0.481 e. The van der Waals surface area contributed by atoms with Gasteiger partial charge in [-0.1, -0.05) is 12.1 Å². The van der Waals surface area contributed by atoms with Crippen LogP contribution in [0, 0.1) is 17.8 Å². The van der Waals surface area contributed by atoms with Crippen LogP contribution in [0.25, 0.3) is 0 Å². The van der Waals surface area contributed by atoms with Crippen molar-refractivity contribution in [3.63, 3.8) is 0 Å². The Morgan fingerprint density at radius 1 is 1.12 bits per heavy atom. The number of amides is 3. The molecule has 1 aromatic rings. The predicted octanol–water partition coefficient (Wildman–Crippen LogP) is 0.941. The second kappa shape index (κ2) is 6.43. The monoisotopic (exact) mass is 330 g/mol. The molecule has 7 heteroatoms. The van der Waals surface area contributed by atoms with Crippen LogP contribution in [-0.4, -0.2) is 28.8 Å². The minimum atomic E-state index is -0.930. The Balaban J connectivity index is 1.57. The third-order valence-corrected chi connectivity index (χ3v) is 4.70. The molecular formula is C17H18N2O5. The van der Waals surface area contributed by atoms with Crippen LogP contribution in [0.1, 0.15) is 24.8 Å². The molecule has 2 aliphatic rings. The molecule has 3 rings (SSSR count). The minimum absolute atomic E-state index is 0.204. The Hall–Kier alpha value is -2.70. The summed E-state index contributed by atoms with van der Waals surface area (Å²) in [5.74, 6) is -3.12. The molecule has 0 spiro atoms. The Morgan fingerprint density at radius 3 is 2.29 bits per heavy atom. The van der Waals surface area contributed by atoms with Crippen LogP contribution in [0.2, 0.25) is 0 Å². The fourth-order valence-corrected chi connectivity index (χ4v) is 3.12. The van der Waals surface area contributed by atoms with Gasteiger partial charge in [-0.2, -0.15) is 0 Å². The molecule has 3 N–H and O–H groups in total. The molecule has 1 saturated heterocycles. The highest BCUT2D eigenvalue weighted by Gasteiger charge is 2.41. The van der Waals surface area contributed by atoms with E-state index in [1.165, 1.54) is 0 Å². The first-order chi connectivity index (χ1) is 11.4. The number of rotatable bonds is 5. The number of benzene rings is 1. The fraction of sp³-hybridized carbons (Fsp3) is 0.412. The van der Waals surface area contributed by atoms with E-state index in [2.05, 4.69) is 10.6 Å². The van der Waals surface area contributed by atoms with Gasteiger partial charge in [0, 0.05) is 12.1 Å². The number of imide groups is 1. The quantitative estimate of drug-likeness (QED) is 0.696. The van der Waals surface area contributed by atoms with Crippen molar-refractivity contribution in [2.45, 2.75) is 25.7 Å². The molecule has 0 bridgehead atoms. The third kappa shape index (κ3) is 3.29. The first kappa shape index (κ1) is 16.2. The first-order valence-corrected chi connectivity index (χ1v) is 7.90. The standard InChI is InChI=1S/C17H18N2O5/c20-14-8-10(15(21)19-14)7-9-1-3-11(4-2-9)18-16(22)12-5-6-13(12)17(23)24/h1-4,10,12-13H,5-8H2,(H,18,22)(H,23,24)(H,19,20,21). The third-order valence-electron chi connectivity index (χ3n) is 4.70. The molecule has 24 heavy (non-hydrogen) atoms. The van der Waals surface area contributed by atoms with Gasteiger partial charge in [0.2, 0.25) is 17.7 Å². The molecular weight excluding hydrogens is 312 g/mol. The van der Waals surface area contributed by atoms with Gasteiger partial charge in [-0.15, -0.1) is 0 Å². The molecule has 3 unspecified atom stereocenters. The molecule has 1 saturated carbocycles. The maximum atomic E-state index is 12.1. The van der Waals surface area contributed by atoms with E-state index in [1.807, 2.05) is 0 Å². The van der Waals surface area contributed by atoms with Crippen LogP contribution in [0.5, 0.6) is 0 Å². The SMILES string of the molecule is O=C1CC(Cc2ccc(NC(=O)C3CCC3C(=O)O)cc2)C(=O)N1. The number of aliphatic carboxylic acids is 1. The average Bonchev–Trinajstić information content (AvgIpc) is 2.77. The van der Waals surface area contributed by atoms with Gasteiger partial charge in [0.15, 0.2) is 0 Å². The van der Waals surface area contributed by atoms with Crippen LogP contribution in [0.15, 0.2) is 24.3 Å². The molecule has 0 radical (unpaired) electrons. The smallest absolute Gasteiger partial charge is 0.307 e. The zero-order valence-corrected chi connectivity index (χ0v) is 13.0. The minimum Gasteiger partial charge on any atom is -0.481 e. The summed E-state index contributed by atoms with van der Waals surface area (Å²) in [5.41, 5.74) is 1.49. The van der Waals surface area contributed by atoms with Gasteiger partial charge in [-0.25, -0.2) is 0 Å². The van der Waals surface area contributed by atoms with E-state index in [0.717, 1.165) is 5.56 Å². The zero-order chi connectivity index (χ0) is 17.3. The summed E-state index contributed by atoms with van der Waals surface area (Å²) in [4.78, 5) is 45.8. The van der Waals surface area contributed by atoms with Gasteiger partial charge in [-0.05, 0) is 37.0 Å². The highest BCUT2D eigenvalue weighted by Crippen LogP contribution is 2.35. The summed E-state index contributed by atoms with van der Waals surface area (Å²) in [7, 11) is 0. The summed E-state index contributed by atoms with van der Waals surface area (Å²) < 4.78 is 0. The number of carbonyl (C=O) groups is 4. The molecule has 0 aromatic heterocycles. The number of hydrogen-bond donors (Lipinski definition) is 3. The molecule has 7 nitrogen and oxygen atoms in total. The lowest BCUT2D eigenvalue weighted by Crippen LogP contribution is -2.41. The van der Waals surface area contributed by atoms with Crippen LogP contribution in [0.4, 0.5) is 5.69 Å². The molecule has 126 valence electrons. The van der Waals surface area contributed by atoms with Gasteiger partial charge in [0.25, 0.3) is 0 Å². The highest BCUT2D eigenvalue weighted by molar-refractivity contribution is 6.03. The maximum absolute atomic E-state index is 12.1. The normalized spacial score (nSPS) is 25.8. The van der Waals surface area contributed by atoms with Crippen molar-refractivity contribution < 1.29 is 24.3 Å². The number of carboxylic acids is 1. The lowest BCUT2D eigenvalue weighted by atomic mass is 9.73. The van der Waals surface area contributed by atoms with E-state index >= 15 is 0 Å². The Labute approximate surface area is 138 Å². The zero-order valence-electron chi connectivity index (χ0n) is 13.0. The lowest BCUT2D eigenvalue weighted by molar-refractivity contribution is -0.151. The predicted molar refractivity (Wildman–Crippen MR) is 83.9 cm³/mol. The number of nitrogens with one attached hydrogen (secondary N) is 2. The van der Waals surface area contributed by atoms with Crippen LogP contribution >= 0.6 is 0 Å². The van der Waals surface area contributed by atoms with Crippen molar-refractivity contribution in [2.24, 2.45) is 17.8 Å². The molecule has 1 aromatic carbocycles. The summed E-state index contributed by atoms with van der Waals surface area (Å²) in [5, 5.41) is 14.0.